The summed E-state index contributed by atoms with van der Waals surface area (Å²) in [6.07, 6.45) is 3.24. The van der Waals surface area contributed by atoms with Gasteiger partial charge in [-0.25, -0.2) is 4.79 Å². The molecule has 2 heterocycles. The Hall–Kier alpha value is -1.75. The number of rotatable bonds is 4. The summed E-state index contributed by atoms with van der Waals surface area (Å²) < 4.78 is 0. The Bertz CT molecular complexity index is 499. The number of nitrogens with one attached hydrogen (secondary N) is 2. The Morgan fingerprint density at radius 2 is 1.87 bits per heavy atom. The lowest BCUT2D eigenvalue weighted by Gasteiger charge is -2.29. The lowest BCUT2D eigenvalue weighted by atomic mass is 10.1. The summed E-state index contributed by atoms with van der Waals surface area (Å²) in [6.45, 7) is 5.01. The molecule has 1 aromatic carbocycles. The van der Waals surface area contributed by atoms with Crippen LogP contribution in [0.3, 0.4) is 0 Å². The van der Waals surface area contributed by atoms with Crippen molar-refractivity contribution < 1.29 is 4.79 Å². The third-order valence-electron chi connectivity index (χ3n) is 5.01. The van der Waals surface area contributed by atoms with Gasteiger partial charge in [0.25, 0.3) is 0 Å². The summed E-state index contributed by atoms with van der Waals surface area (Å²) in [5.74, 6) is 0.540. The van der Waals surface area contributed by atoms with Crippen LogP contribution in [0.5, 0.6) is 0 Å². The summed E-state index contributed by atoms with van der Waals surface area (Å²) in [5.41, 5.74) is 1.28. The second-order valence-electron chi connectivity index (χ2n) is 6.87. The quantitative estimate of drug-likeness (QED) is 0.892. The minimum Gasteiger partial charge on any atom is -0.371 e. The van der Waals surface area contributed by atoms with Crippen molar-refractivity contribution in [2.75, 3.05) is 44.7 Å². The Morgan fingerprint density at radius 1 is 1.13 bits per heavy atom. The molecule has 2 amide bonds. The normalized spacial score (nSPS) is 23.0. The van der Waals surface area contributed by atoms with E-state index in [1.807, 2.05) is 6.07 Å². The van der Waals surface area contributed by atoms with Gasteiger partial charge in [0.1, 0.15) is 0 Å². The van der Waals surface area contributed by atoms with Gasteiger partial charge in [0.2, 0.25) is 0 Å². The molecule has 2 aliphatic rings. The molecule has 0 saturated carbocycles. The number of urea groups is 1. The average Bonchev–Trinajstić information content (AvgIpc) is 3.05. The molecule has 0 radical (unpaired) electrons. The van der Waals surface area contributed by atoms with Gasteiger partial charge < -0.3 is 20.4 Å². The first kappa shape index (κ1) is 16.1. The van der Waals surface area contributed by atoms with Crippen molar-refractivity contribution in [2.24, 2.45) is 5.92 Å². The molecule has 2 fully saturated rings. The fraction of sp³-hybridized carbons (Fsp3) is 0.611. The van der Waals surface area contributed by atoms with Crippen LogP contribution in [0, 0.1) is 5.92 Å². The second kappa shape index (κ2) is 7.68. The van der Waals surface area contributed by atoms with Crippen LogP contribution >= 0.6 is 0 Å². The fourth-order valence-electron chi connectivity index (χ4n) is 3.50. The van der Waals surface area contributed by atoms with Crippen molar-refractivity contribution in [2.45, 2.75) is 25.3 Å². The minimum absolute atomic E-state index is 0.00212. The molecule has 2 saturated heterocycles. The van der Waals surface area contributed by atoms with Gasteiger partial charge in [-0.05, 0) is 57.5 Å². The zero-order chi connectivity index (χ0) is 16.1. The van der Waals surface area contributed by atoms with Gasteiger partial charge >= 0.3 is 6.03 Å². The zero-order valence-electron chi connectivity index (χ0n) is 14.0. The van der Waals surface area contributed by atoms with Crippen molar-refractivity contribution in [3.05, 3.63) is 30.3 Å². The first-order valence-corrected chi connectivity index (χ1v) is 8.73. The third kappa shape index (κ3) is 4.61. The first-order chi connectivity index (χ1) is 11.2. The van der Waals surface area contributed by atoms with Crippen LogP contribution in [0.1, 0.15) is 19.3 Å². The van der Waals surface area contributed by atoms with Crippen molar-refractivity contribution in [1.82, 2.24) is 15.5 Å². The Kier molecular flexibility index (Phi) is 5.39. The number of carbonyl (C=O) groups is 1. The van der Waals surface area contributed by atoms with Gasteiger partial charge in [0, 0.05) is 31.4 Å². The number of carbonyl (C=O) groups excluding carboxylic acids is 1. The van der Waals surface area contributed by atoms with E-state index in [1.165, 1.54) is 5.69 Å². The van der Waals surface area contributed by atoms with Crippen molar-refractivity contribution in [3.63, 3.8) is 0 Å². The number of benzene rings is 1. The maximum absolute atomic E-state index is 12.1. The Morgan fingerprint density at radius 3 is 2.61 bits per heavy atom. The summed E-state index contributed by atoms with van der Waals surface area (Å²) in [7, 11) is 2.13. The summed E-state index contributed by atoms with van der Waals surface area (Å²) in [6, 6.07) is 10.8. The Labute approximate surface area is 139 Å². The van der Waals surface area contributed by atoms with Crippen molar-refractivity contribution in [3.8, 4) is 0 Å². The van der Waals surface area contributed by atoms with Crippen LogP contribution in [0.15, 0.2) is 30.3 Å². The molecule has 23 heavy (non-hydrogen) atoms. The van der Waals surface area contributed by atoms with Crippen LogP contribution in [0.25, 0.3) is 0 Å². The van der Waals surface area contributed by atoms with E-state index in [9.17, 15) is 4.79 Å². The van der Waals surface area contributed by atoms with Crippen LogP contribution in [0.2, 0.25) is 0 Å². The van der Waals surface area contributed by atoms with Gasteiger partial charge in [-0.3, -0.25) is 0 Å². The standard InChI is InChI=1S/C18H28N4O/c1-21-10-8-16(9-11-21)20-18(23)19-13-15-7-12-22(14-15)17-5-3-2-4-6-17/h2-6,15-16H,7-14H2,1H3,(H2,19,20,23)/t15-/m1/s1. The van der Waals surface area contributed by atoms with E-state index in [-0.39, 0.29) is 6.03 Å². The number of para-hydroxylation sites is 1. The molecule has 3 rings (SSSR count). The highest BCUT2D eigenvalue weighted by molar-refractivity contribution is 5.74. The van der Waals surface area contributed by atoms with Crippen LogP contribution in [0.4, 0.5) is 10.5 Å². The van der Waals surface area contributed by atoms with Crippen molar-refractivity contribution in [1.29, 1.82) is 0 Å². The molecule has 126 valence electrons. The molecular weight excluding hydrogens is 288 g/mol. The highest BCUT2D eigenvalue weighted by Gasteiger charge is 2.23. The number of anilines is 1. The minimum atomic E-state index is -0.00212. The molecule has 0 spiro atoms. The molecule has 0 aromatic heterocycles. The molecule has 0 bridgehead atoms. The maximum atomic E-state index is 12.1. The molecule has 0 unspecified atom stereocenters. The van der Waals surface area contributed by atoms with Crippen LogP contribution in [-0.2, 0) is 0 Å². The summed E-state index contributed by atoms with van der Waals surface area (Å²) in [5, 5.41) is 6.18. The molecule has 0 aliphatic carbocycles. The van der Waals surface area contributed by atoms with E-state index in [0.29, 0.717) is 12.0 Å². The molecule has 1 aromatic rings. The molecule has 5 heteroatoms. The molecular formula is C18H28N4O. The van der Waals surface area contributed by atoms with E-state index in [0.717, 1.165) is 52.0 Å². The predicted octanol–water partition coefficient (Wildman–Crippen LogP) is 1.91. The van der Waals surface area contributed by atoms with Gasteiger partial charge in [-0.2, -0.15) is 0 Å². The molecule has 2 N–H and O–H groups in total. The SMILES string of the molecule is CN1CCC(NC(=O)NC[C@H]2CCN(c3ccccc3)C2)CC1. The number of hydrogen-bond donors (Lipinski definition) is 2. The third-order valence-corrected chi connectivity index (χ3v) is 5.01. The van der Waals surface area contributed by atoms with E-state index < -0.39 is 0 Å². The Balaban J connectivity index is 1.37. The fourth-order valence-corrected chi connectivity index (χ4v) is 3.50. The lowest BCUT2D eigenvalue weighted by molar-refractivity contribution is 0.213. The summed E-state index contributed by atoms with van der Waals surface area (Å²) in [4.78, 5) is 16.8. The van der Waals surface area contributed by atoms with E-state index in [4.69, 9.17) is 0 Å². The number of amides is 2. The van der Waals surface area contributed by atoms with E-state index in [1.54, 1.807) is 0 Å². The molecule has 5 nitrogen and oxygen atoms in total. The van der Waals surface area contributed by atoms with Gasteiger partial charge in [-0.1, -0.05) is 18.2 Å². The zero-order valence-corrected chi connectivity index (χ0v) is 14.0. The van der Waals surface area contributed by atoms with Crippen LogP contribution < -0.4 is 15.5 Å². The highest BCUT2D eigenvalue weighted by Crippen LogP contribution is 2.22. The first-order valence-electron chi connectivity index (χ1n) is 8.73. The lowest BCUT2D eigenvalue weighted by Crippen LogP contribution is -2.48. The van der Waals surface area contributed by atoms with E-state index in [2.05, 4.69) is 51.7 Å². The molecule has 1 atom stereocenters. The van der Waals surface area contributed by atoms with E-state index >= 15 is 0 Å². The summed E-state index contributed by atoms with van der Waals surface area (Å²) >= 11 is 0. The van der Waals surface area contributed by atoms with Gasteiger partial charge in [0.05, 0.1) is 0 Å². The topological polar surface area (TPSA) is 47.6 Å². The largest absolute Gasteiger partial charge is 0.371 e. The second-order valence-corrected chi connectivity index (χ2v) is 6.87. The number of piperidine rings is 1. The van der Waals surface area contributed by atoms with Gasteiger partial charge in [-0.15, -0.1) is 0 Å². The molecule has 2 aliphatic heterocycles. The van der Waals surface area contributed by atoms with Crippen LogP contribution in [-0.4, -0.2) is 56.7 Å². The maximum Gasteiger partial charge on any atom is 0.315 e. The smallest absolute Gasteiger partial charge is 0.315 e. The monoisotopic (exact) mass is 316 g/mol. The number of nitrogens with zero attached hydrogens (tertiary/aromatic N) is 2. The van der Waals surface area contributed by atoms with Gasteiger partial charge in [0.15, 0.2) is 0 Å². The number of hydrogen-bond acceptors (Lipinski definition) is 3. The number of likely N-dealkylation sites (tertiary alicyclic amines) is 1. The highest BCUT2D eigenvalue weighted by atomic mass is 16.2. The predicted molar refractivity (Wildman–Crippen MR) is 93.8 cm³/mol. The average molecular weight is 316 g/mol. The van der Waals surface area contributed by atoms with Crippen molar-refractivity contribution >= 4 is 11.7 Å².